The number of anilines is 1. The maximum Gasteiger partial charge on any atom is 0.319 e. The van der Waals surface area contributed by atoms with Crippen LogP contribution in [0.25, 0.3) is 0 Å². The Morgan fingerprint density at radius 2 is 1.68 bits per heavy atom. The predicted molar refractivity (Wildman–Crippen MR) is 90.8 cm³/mol. The van der Waals surface area contributed by atoms with E-state index in [1.54, 1.807) is 18.2 Å². The molecule has 0 radical (unpaired) electrons. The van der Waals surface area contributed by atoms with E-state index in [2.05, 4.69) is 22.8 Å². The van der Waals surface area contributed by atoms with Gasteiger partial charge < -0.3 is 10.6 Å². The maximum atomic E-state index is 12.0. The van der Waals surface area contributed by atoms with Gasteiger partial charge in [-0.05, 0) is 36.6 Å². The Morgan fingerprint density at radius 1 is 1.05 bits per heavy atom. The first kappa shape index (κ1) is 15.2. The van der Waals surface area contributed by atoms with Crippen LogP contribution >= 0.6 is 23.2 Å². The average molecular weight is 335 g/mol. The summed E-state index contributed by atoms with van der Waals surface area (Å²) in [7, 11) is 0. The van der Waals surface area contributed by atoms with Gasteiger partial charge in [-0.15, -0.1) is 0 Å². The molecule has 2 aromatic rings. The highest BCUT2D eigenvalue weighted by molar-refractivity contribution is 6.35. The van der Waals surface area contributed by atoms with Crippen LogP contribution in [-0.2, 0) is 5.41 Å². The van der Waals surface area contributed by atoms with Crippen molar-refractivity contribution in [2.24, 2.45) is 0 Å². The summed E-state index contributed by atoms with van der Waals surface area (Å²) in [6.45, 7) is 0.622. The van der Waals surface area contributed by atoms with Gasteiger partial charge in [-0.2, -0.15) is 0 Å². The fourth-order valence-electron chi connectivity index (χ4n) is 2.56. The number of hydrogen-bond donors (Lipinski definition) is 2. The van der Waals surface area contributed by atoms with E-state index in [9.17, 15) is 4.79 Å². The lowest BCUT2D eigenvalue weighted by molar-refractivity contribution is 0.251. The molecule has 0 heterocycles. The predicted octanol–water partition coefficient (Wildman–Crippen LogP) is 4.85. The van der Waals surface area contributed by atoms with Crippen molar-refractivity contribution in [3.63, 3.8) is 0 Å². The van der Waals surface area contributed by atoms with Gasteiger partial charge in [-0.3, -0.25) is 0 Å². The lowest BCUT2D eigenvalue weighted by Gasteiger charge is -2.17. The molecule has 0 spiro atoms. The van der Waals surface area contributed by atoms with Gasteiger partial charge in [0, 0.05) is 27.7 Å². The number of amides is 2. The monoisotopic (exact) mass is 334 g/mol. The van der Waals surface area contributed by atoms with Gasteiger partial charge in [0.05, 0.1) is 0 Å². The van der Waals surface area contributed by atoms with Crippen LogP contribution in [-0.4, -0.2) is 12.6 Å². The number of halogens is 2. The Kier molecular flexibility index (Phi) is 4.27. The van der Waals surface area contributed by atoms with Gasteiger partial charge in [0.1, 0.15) is 0 Å². The zero-order chi connectivity index (χ0) is 15.6. The maximum absolute atomic E-state index is 12.0. The lowest BCUT2D eigenvalue weighted by atomic mass is 9.96. The molecule has 0 saturated heterocycles. The van der Waals surface area contributed by atoms with E-state index in [-0.39, 0.29) is 11.4 Å². The summed E-state index contributed by atoms with van der Waals surface area (Å²) in [6.07, 6.45) is 2.20. The first-order valence-electron chi connectivity index (χ1n) is 7.14. The quantitative estimate of drug-likeness (QED) is 0.824. The standard InChI is InChI=1S/C17H16Cl2N2O/c18-13-8-14(19)10-15(9-13)21-16(22)20-11-17(6-7-17)12-4-2-1-3-5-12/h1-5,8-10H,6-7,11H2,(H2,20,21,22). The number of carbonyl (C=O) groups is 1. The van der Waals surface area contributed by atoms with Crippen molar-refractivity contribution in [1.82, 2.24) is 5.32 Å². The number of benzene rings is 2. The van der Waals surface area contributed by atoms with Crippen LogP contribution in [0, 0.1) is 0 Å². The van der Waals surface area contributed by atoms with E-state index in [0.29, 0.717) is 22.3 Å². The minimum Gasteiger partial charge on any atom is -0.337 e. The molecule has 0 aliphatic heterocycles. The smallest absolute Gasteiger partial charge is 0.319 e. The molecule has 114 valence electrons. The molecule has 0 bridgehead atoms. The molecule has 3 nitrogen and oxygen atoms in total. The number of hydrogen-bond acceptors (Lipinski definition) is 1. The molecule has 2 aromatic carbocycles. The van der Waals surface area contributed by atoms with E-state index in [0.717, 1.165) is 12.8 Å². The highest BCUT2D eigenvalue weighted by Gasteiger charge is 2.44. The minimum absolute atomic E-state index is 0.0879. The molecule has 0 unspecified atom stereocenters. The molecule has 2 amide bonds. The van der Waals surface area contributed by atoms with Crippen LogP contribution in [0.4, 0.5) is 10.5 Å². The number of urea groups is 1. The Morgan fingerprint density at radius 3 is 2.27 bits per heavy atom. The van der Waals surface area contributed by atoms with E-state index < -0.39 is 0 Å². The minimum atomic E-state index is -0.250. The molecule has 1 aliphatic carbocycles. The van der Waals surface area contributed by atoms with Crippen LogP contribution in [0.5, 0.6) is 0 Å². The van der Waals surface area contributed by atoms with Crippen molar-refractivity contribution in [3.8, 4) is 0 Å². The molecule has 1 fully saturated rings. The molecule has 0 aromatic heterocycles. The summed E-state index contributed by atoms with van der Waals surface area (Å²) in [5.74, 6) is 0. The number of nitrogens with one attached hydrogen (secondary N) is 2. The summed E-state index contributed by atoms with van der Waals surface area (Å²) in [5.41, 5.74) is 1.95. The first-order chi connectivity index (χ1) is 10.6. The second kappa shape index (κ2) is 6.19. The highest BCUT2D eigenvalue weighted by Crippen LogP contribution is 2.47. The molecule has 1 saturated carbocycles. The zero-order valence-corrected chi connectivity index (χ0v) is 13.4. The molecule has 3 rings (SSSR count). The van der Waals surface area contributed by atoms with Gasteiger partial charge in [0.2, 0.25) is 0 Å². The van der Waals surface area contributed by atoms with Crippen molar-refractivity contribution in [1.29, 1.82) is 0 Å². The van der Waals surface area contributed by atoms with Gasteiger partial charge in [0.15, 0.2) is 0 Å². The second-order valence-electron chi connectivity index (χ2n) is 5.61. The molecule has 22 heavy (non-hydrogen) atoms. The van der Waals surface area contributed by atoms with Crippen LogP contribution < -0.4 is 10.6 Å². The van der Waals surface area contributed by atoms with Crippen molar-refractivity contribution < 1.29 is 4.79 Å². The average Bonchev–Trinajstić information content (AvgIpc) is 3.26. The Hall–Kier alpha value is -1.71. The van der Waals surface area contributed by atoms with Gasteiger partial charge >= 0.3 is 6.03 Å². The van der Waals surface area contributed by atoms with E-state index in [4.69, 9.17) is 23.2 Å². The fraction of sp³-hybridized carbons (Fsp3) is 0.235. The number of rotatable bonds is 4. The summed E-state index contributed by atoms with van der Waals surface area (Å²) in [6, 6.07) is 15.0. The molecule has 2 N–H and O–H groups in total. The van der Waals surface area contributed by atoms with Crippen molar-refractivity contribution in [2.45, 2.75) is 18.3 Å². The Labute approximate surface area is 139 Å². The number of carbonyl (C=O) groups excluding carboxylic acids is 1. The van der Waals surface area contributed by atoms with Crippen LogP contribution in [0.15, 0.2) is 48.5 Å². The zero-order valence-electron chi connectivity index (χ0n) is 11.9. The van der Waals surface area contributed by atoms with Gasteiger partial charge in [-0.25, -0.2) is 4.79 Å². The third-order valence-corrected chi connectivity index (χ3v) is 4.38. The van der Waals surface area contributed by atoms with Gasteiger partial charge in [-0.1, -0.05) is 53.5 Å². The third-order valence-electron chi connectivity index (χ3n) is 3.95. The topological polar surface area (TPSA) is 41.1 Å². The normalized spacial score (nSPS) is 15.2. The van der Waals surface area contributed by atoms with E-state index in [1.165, 1.54) is 5.56 Å². The Balaban J connectivity index is 1.59. The van der Waals surface area contributed by atoms with Crippen LogP contribution in [0.2, 0.25) is 10.0 Å². The summed E-state index contributed by atoms with van der Waals surface area (Å²) in [5, 5.41) is 6.67. The molecular formula is C17H16Cl2N2O. The fourth-order valence-corrected chi connectivity index (χ4v) is 3.09. The summed E-state index contributed by atoms with van der Waals surface area (Å²) < 4.78 is 0. The SMILES string of the molecule is O=C(NCC1(c2ccccc2)CC1)Nc1cc(Cl)cc(Cl)c1. The highest BCUT2D eigenvalue weighted by atomic mass is 35.5. The van der Waals surface area contributed by atoms with E-state index in [1.807, 2.05) is 18.2 Å². The van der Waals surface area contributed by atoms with E-state index >= 15 is 0 Å². The van der Waals surface area contributed by atoms with Crippen molar-refractivity contribution >= 4 is 34.9 Å². The van der Waals surface area contributed by atoms with Crippen LogP contribution in [0.3, 0.4) is 0 Å². The lowest BCUT2D eigenvalue weighted by Crippen LogP contribution is -2.35. The van der Waals surface area contributed by atoms with Crippen molar-refractivity contribution in [3.05, 3.63) is 64.1 Å². The molecule has 0 atom stereocenters. The van der Waals surface area contributed by atoms with Crippen molar-refractivity contribution in [2.75, 3.05) is 11.9 Å². The van der Waals surface area contributed by atoms with Gasteiger partial charge in [0.25, 0.3) is 0 Å². The first-order valence-corrected chi connectivity index (χ1v) is 7.89. The van der Waals surface area contributed by atoms with Crippen LogP contribution in [0.1, 0.15) is 18.4 Å². The summed E-state index contributed by atoms with van der Waals surface area (Å²) >= 11 is 11.8. The second-order valence-corrected chi connectivity index (χ2v) is 6.49. The molecule has 1 aliphatic rings. The third kappa shape index (κ3) is 3.54. The summed E-state index contributed by atoms with van der Waals surface area (Å²) in [4.78, 5) is 12.0. The molecular weight excluding hydrogens is 319 g/mol. The largest absolute Gasteiger partial charge is 0.337 e. The Bertz CT molecular complexity index is 664. The molecule has 5 heteroatoms.